The van der Waals surface area contributed by atoms with E-state index in [9.17, 15) is 4.79 Å². The average Bonchev–Trinajstić information content (AvgIpc) is 2.61. The lowest BCUT2D eigenvalue weighted by atomic mass is 9.85. The van der Waals surface area contributed by atoms with Gasteiger partial charge in [-0.1, -0.05) is 48.5 Å². The Kier molecular flexibility index (Phi) is 8.87. The highest BCUT2D eigenvalue weighted by atomic mass is 28.4. The number of Topliss-reactive ketones (excluding diaryl/α,β-unsaturated/α-hetero) is 1. The van der Waals surface area contributed by atoms with Gasteiger partial charge in [-0.25, -0.2) is 0 Å². The highest BCUT2D eigenvalue weighted by Gasteiger charge is 2.42. The minimum absolute atomic E-state index is 0.0299. The second kappa shape index (κ2) is 9.65. The van der Waals surface area contributed by atoms with Crippen LogP contribution >= 0.6 is 0 Å². The van der Waals surface area contributed by atoms with E-state index in [-0.39, 0.29) is 18.1 Å². The van der Waals surface area contributed by atoms with Gasteiger partial charge in [0.1, 0.15) is 5.78 Å². The molecule has 1 aliphatic rings. The summed E-state index contributed by atoms with van der Waals surface area (Å²) >= 11 is 0. The van der Waals surface area contributed by atoms with Crippen molar-refractivity contribution in [3.63, 3.8) is 0 Å². The van der Waals surface area contributed by atoms with Crippen LogP contribution in [0.25, 0.3) is 0 Å². The molecule has 3 atom stereocenters. The predicted molar refractivity (Wildman–Crippen MR) is 108 cm³/mol. The first-order valence-electron chi connectivity index (χ1n) is 10.2. The van der Waals surface area contributed by atoms with Gasteiger partial charge in [-0.15, -0.1) is 0 Å². The summed E-state index contributed by atoms with van der Waals surface area (Å²) in [5.41, 5.74) is 0. The first kappa shape index (κ1) is 22.1. The fourth-order valence-electron chi connectivity index (χ4n) is 4.08. The fraction of sp³-hybridized carbons (Fsp3) is 0.947. The molecule has 24 heavy (non-hydrogen) atoms. The first-order chi connectivity index (χ1) is 11.3. The Morgan fingerprint density at radius 1 is 0.833 bits per heavy atom. The van der Waals surface area contributed by atoms with Crippen LogP contribution < -0.4 is 0 Å². The molecule has 0 N–H and O–H groups in total. The molecule has 0 heterocycles. The van der Waals surface area contributed by atoms with Crippen LogP contribution in [-0.2, 0) is 13.6 Å². The van der Waals surface area contributed by atoms with Gasteiger partial charge in [0, 0.05) is 12.3 Å². The number of hydrogen-bond acceptors (Lipinski definition) is 3. The maximum absolute atomic E-state index is 12.6. The molecule has 0 spiro atoms. The number of ketones is 1. The molecule has 1 fully saturated rings. The van der Waals surface area contributed by atoms with E-state index in [4.69, 9.17) is 8.85 Å². The van der Waals surface area contributed by atoms with Crippen molar-refractivity contribution in [1.29, 1.82) is 0 Å². The molecule has 1 aliphatic carbocycles. The standard InChI is InChI=1S/C19H40O3Si2/c1-8-23(9-2,10-3)21-17-14-18(20)16(7)19(15-17)22-24(11-4,12-5)13-6/h16-17,19H,8-15H2,1-7H3/t16?,17-,19+/m1/s1. The Labute approximate surface area is 152 Å². The molecule has 1 rings (SSSR count). The van der Waals surface area contributed by atoms with Gasteiger partial charge >= 0.3 is 0 Å². The second-order valence-electron chi connectivity index (χ2n) is 7.58. The molecule has 0 bridgehead atoms. The minimum atomic E-state index is -1.69. The smallest absolute Gasteiger partial charge is 0.192 e. The molecule has 0 radical (unpaired) electrons. The van der Waals surface area contributed by atoms with Crippen LogP contribution in [-0.4, -0.2) is 34.6 Å². The topological polar surface area (TPSA) is 35.5 Å². The number of rotatable bonds is 10. The summed E-state index contributed by atoms with van der Waals surface area (Å²) in [6.07, 6.45) is 1.66. The maximum Gasteiger partial charge on any atom is 0.192 e. The molecule has 0 aromatic heterocycles. The van der Waals surface area contributed by atoms with Crippen LogP contribution in [0, 0.1) is 5.92 Å². The van der Waals surface area contributed by atoms with Crippen molar-refractivity contribution in [3.8, 4) is 0 Å². The third-order valence-corrected chi connectivity index (χ3v) is 16.0. The van der Waals surface area contributed by atoms with Crippen LogP contribution in [0.5, 0.6) is 0 Å². The quantitative estimate of drug-likeness (QED) is 0.457. The Balaban J connectivity index is 2.89. The third-order valence-electron chi connectivity index (χ3n) is 6.67. The summed E-state index contributed by atoms with van der Waals surface area (Å²) in [5, 5.41) is 0. The number of carbonyl (C=O) groups is 1. The Hall–Kier alpha value is 0.0238. The minimum Gasteiger partial charge on any atom is -0.413 e. The van der Waals surface area contributed by atoms with Crippen molar-refractivity contribution in [2.24, 2.45) is 5.92 Å². The van der Waals surface area contributed by atoms with Crippen molar-refractivity contribution in [3.05, 3.63) is 0 Å². The summed E-state index contributed by atoms with van der Waals surface area (Å²) < 4.78 is 13.4. The zero-order valence-corrected chi connectivity index (χ0v) is 19.1. The van der Waals surface area contributed by atoms with E-state index in [1.54, 1.807) is 0 Å². The third kappa shape index (κ3) is 5.02. The molecule has 1 unspecified atom stereocenters. The highest BCUT2D eigenvalue weighted by molar-refractivity contribution is 6.74. The summed E-state index contributed by atoms with van der Waals surface area (Å²) in [7, 11) is -3.35. The van der Waals surface area contributed by atoms with Crippen molar-refractivity contribution in [2.75, 3.05) is 0 Å². The molecule has 142 valence electrons. The van der Waals surface area contributed by atoms with Gasteiger partial charge in [-0.05, 0) is 42.7 Å². The van der Waals surface area contributed by atoms with Gasteiger partial charge in [0.05, 0.1) is 12.2 Å². The average molecular weight is 373 g/mol. The van der Waals surface area contributed by atoms with Crippen molar-refractivity contribution in [1.82, 2.24) is 0 Å². The van der Waals surface area contributed by atoms with E-state index in [1.807, 2.05) is 0 Å². The molecule has 5 heteroatoms. The van der Waals surface area contributed by atoms with Gasteiger partial charge < -0.3 is 8.85 Å². The fourth-order valence-corrected chi connectivity index (χ4v) is 9.91. The van der Waals surface area contributed by atoms with Crippen LogP contribution in [0.4, 0.5) is 0 Å². The summed E-state index contributed by atoms with van der Waals surface area (Å²) in [4.78, 5) is 12.6. The largest absolute Gasteiger partial charge is 0.413 e. The van der Waals surface area contributed by atoms with E-state index in [2.05, 4.69) is 48.5 Å². The van der Waals surface area contributed by atoms with Gasteiger partial charge in [-0.2, -0.15) is 0 Å². The first-order valence-corrected chi connectivity index (χ1v) is 15.3. The SMILES string of the molecule is CC[Si](CC)(CC)O[C@@H]1CC(=O)C(C)[C@@H](O[Si](CC)(CC)CC)C1. The maximum atomic E-state index is 12.6. The van der Waals surface area contributed by atoms with Gasteiger partial charge in [-0.3, -0.25) is 4.79 Å². The molecule has 0 aromatic rings. The molecule has 1 saturated carbocycles. The number of hydrogen-bond donors (Lipinski definition) is 0. The second-order valence-corrected chi connectivity index (χ2v) is 17.0. The lowest BCUT2D eigenvalue weighted by molar-refractivity contribution is -0.131. The highest BCUT2D eigenvalue weighted by Crippen LogP contribution is 2.35. The monoisotopic (exact) mass is 372 g/mol. The van der Waals surface area contributed by atoms with Crippen molar-refractivity contribution < 1.29 is 13.6 Å². The van der Waals surface area contributed by atoms with E-state index in [1.165, 1.54) is 0 Å². The molecule has 0 aromatic carbocycles. The summed E-state index contributed by atoms with van der Waals surface area (Å²) in [5.74, 6) is 0.371. The summed E-state index contributed by atoms with van der Waals surface area (Å²) in [6, 6.07) is 6.84. The van der Waals surface area contributed by atoms with Crippen LogP contribution in [0.1, 0.15) is 61.3 Å². The van der Waals surface area contributed by atoms with E-state index in [0.717, 1.165) is 42.7 Å². The van der Waals surface area contributed by atoms with Gasteiger partial charge in [0.15, 0.2) is 16.6 Å². The van der Waals surface area contributed by atoms with Gasteiger partial charge in [0.2, 0.25) is 0 Å². The molecular weight excluding hydrogens is 332 g/mol. The predicted octanol–water partition coefficient (Wildman–Crippen LogP) is 5.77. The molecule has 0 amide bonds. The molecule has 0 aliphatic heterocycles. The normalized spacial score (nSPS) is 26.0. The summed E-state index contributed by atoms with van der Waals surface area (Å²) in [6.45, 7) is 15.6. The zero-order valence-electron chi connectivity index (χ0n) is 17.1. The lowest BCUT2D eigenvalue weighted by Gasteiger charge is -2.42. The van der Waals surface area contributed by atoms with Crippen LogP contribution in [0.3, 0.4) is 0 Å². The van der Waals surface area contributed by atoms with Crippen LogP contribution in [0.15, 0.2) is 0 Å². The van der Waals surface area contributed by atoms with E-state index in [0.29, 0.717) is 12.2 Å². The van der Waals surface area contributed by atoms with E-state index >= 15 is 0 Å². The van der Waals surface area contributed by atoms with Crippen LogP contribution in [0.2, 0.25) is 36.3 Å². The van der Waals surface area contributed by atoms with Crippen molar-refractivity contribution >= 4 is 22.4 Å². The van der Waals surface area contributed by atoms with Crippen molar-refractivity contribution in [2.45, 2.75) is 110 Å². The Morgan fingerprint density at radius 2 is 1.25 bits per heavy atom. The Morgan fingerprint density at radius 3 is 1.67 bits per heavy atom. The lowest BCUT2D eigenvalue weighted by Crippen LogP contribution is -2.50. The zero-order chi connectivity index (χ0) is 18.4. The van der Waals surface area contributed by atoms with E-state index < -0.39 is 16.6 Å². The molecule has 3 nitrogen and oxygen atoms in total. The molecular formula is C19H40O3Si2. The number of carbonyl (C=O) groups excluding carboxylic acids is 1. The van der Waals surface area contributed by atoms with Gasteiger partial charge in [0.25, 0.3) is 0 Å². The molecule has 0 saturated heterocycles. The Bertz CT molecular complexity index is 376.